The Hall–Kier alpha value is -2.25. The Labute approximate surface area is 167 Å². The predicted molar refractivity (Wildman–Crippen MR) is 108 cm³/mol. The molecule has 1 fully saturated rings. The van der Waals surface area contributed by atoms with Crippen LogP contribution in [0, 0.1) is 0 Å². The molecule has 2 aromatic rings. The van der Waals surface area contributed by atoms with Gasteiger partial charge < -0.3 is 10.0 Å². The van der Waals surface area contributed by atoms with E-state index in [0.717, 1.165) is 25.1 Å². The molecular formula is C21H31N5O2. The number of β-amino-alcohol motifs (C(OH)–C–C–N with tert-alkyl or cyclic N) is 1. The van der Waals surface area contributed by atoms with Crippen molar-refractivity contribution in [2.24, 2.45) is 0 Å². The molecule has 3 heterocycles. The molecule has 1 saturated heterocycles. The lowest BCUT2D eigenvalue weighted by Gasteiger charge is -2.47. The number of rotatable bonds is 6. The van der Waals surface area contributed by atoms with E-state index in [1.54, 1.807) is 23.1 Å². The number of nitrogens with zero attached hydrogens (tertiary/aromatic N) is 5. The smallest absolute Gasteiger partial charge is 0.272 e. The Balaban J connectivity index is 1.82. The Morgan fingerprint density at radius 3 is 2.57 bits per heavy atom. The van der Waals surface area contributed by atoms with E-state index in [0.29, 0.717) is 18.8 Å². The van der Waals surface area contributed by atoms with Gasteiger partial charge in [-0.15, -0.1) is 0 Å². The highest BCUT2D eigenvalue weighted by atomic mass is 16.3. The van der Waals surface area contributed by atoms with Gasteiger partial charge in [-0.1, -0.05) is 13.8 Å². The molecule has 1 aliphatic rings. The van der Waals surface area contributed by atoms with Gasteiger partial charge in [-0.3, -0.25) is 14.7 Å². The molecule has 2 aromatic heterocycles. The molecule has 0 unspecified atom stereocenters. The Kier molecular flexibility index (Phi) is 6.15. The number of aliphatic hydroxyl groups is 1. The molecule has 1 amide bonds. The number of carbonyl (C=O) groups excluding carboxylic acids is 1. The number of hydrogen-bond donors (Lipinski definition) is 1. The average molecular weight is 386 g/mol. The minimum atomic E-state index is -0.752. The van der Waals surface area contributed by atoms with Crippen molar-refractivity contribution in [3.63, 3.8) is 0 Å². The number of carbonyl (C=O) groups is 1. The Morgan fingerprint density at radius 1 is 1.21 bits per heavy atom. The van der Waals surface area contributed by atoms with Crippen molar-refractivity contribution in [2.45, 2.75) is 58.2 Å². The minimum absolute atomic E-state index is 0.0396. The second kappa shape index (κ2) is 8.41. The fourth-order valence-corrected chi connectivity index (χ4v) is 3.93. The topological polar surface area (TPSA) is 74.5 Å². The largest absolute Gasteiger partial charge is 0.389 e. The first-order valence-corrected chi connectivity index (χ1v) is 10.1. The van der Waals surface area contributed by atoms with Gasteiger partial charge in [-0.25, -0.2) is 4.68 Å². The van der Waals surface area contributed by atoms with Gasteiger partial charge in [0.15, 0.2) is 0 Å². The maximum atomic E-state index is 13.3. The normalized spacial score (nSPS) is 21.1. The summed E-state index contributed by atoms with van der Waals surface area (Å²) >= 11 is 0. The Morgan fingerprint density at radius 2 is 1.96 bits per heavy atom. The molecule has 0 spiro atoms. The lowest BCUT2D eigenvalue weighted by atomic mass is 9.99. The molecule has 152 valence electrons. The molecule has 7 nitrogen and oxygen atoms in total. The SMILES string of the molecule is CC[C@@H]1CN(C(=O)c2cc(-n3cccn3)ccn2)[C@@H](CC)CN1CC(C)(C)O. The first-order chi connectivity index (χ1) is 13.3. The zero-order chi connectivity index (χ0) is 20.3. The minimum Gasteiger partial charge on any atom is -0.389 e. The summed E-state index contributed by atoms with van der Waals surface area (Å²) in [5.41, 5.74) is 0.513. The van der Waals surface area contributed by atoms with Gasteiger partial charge in [0.25, 0.3) is 5.91 Å². The maximum Gasteiger partial charge on any atom is 0.272 e. The number of pyridine rings is 1. The molecule has 7 heteroatoms. The summed E-state index contributed by atoms with van der Waals surface area (Å²) < 4.78 is 1.73. The van der Waals surface area contributed by atoms with E-state index in [2.05, 4.69) is 28.8 Å². The van der Waals surface area contributed by atoms with Crippen molar-refractivity contribution in [3.05, 3.63) is 42.5 Å². The van der Waals surface area contributed by atoms with Crippen LogP contribution in [0.1, 0.15) is 51.0 Å². The third-order valence-corrected chi connectivity index (χ3v) is 5.33. The van der Waals surface area contributed by atoms with Crippen LogP contribution in [0.2, 0.25) is 0 Å². The molecule has 0 aliphatic carbocycles. The van der Waals surface area contributed by atoms with Crippen LogP contribution < -0.4 is 0 Å². The van der Waals surface area contributed by atoms with E-state index >= 15 is 0 Å². The van der Waals surface area contributed by atoms with Crippen molar-refractivity contribution in [1.29, 1.82) is 0 Å². The van der Waals surface area contributed by atoms with Gasteiger partial charge in [0.2, 0.25) is 0 Å². The zero-order valence-electron chi connectivity index (χ0n) is 17.2. The van der Waals surface area contributed by atoms with Crippen LogP contribution in [-0.2, 0) is 0 Å². The standard InChI is InChI=1S/C21H31N5O2/c1-5-16-14-25(17(6-2)13-24(16)15-21(3,4)28)20(27)19-12-18(8-10-22-19)26-11-7-9-23-26/h7-12,16-17,28H,5-6,13-15H2,1-4H3/t16-,17+/m1/s1. The van der Waals surface area contributed by atoms with Crippen LogP contribution in [0.15, 0.2) is 36.8 Å². The maximum absolute atomic E-state index is 13.3. The summed E-state index contributed by atoms with van der Waals surface area (Å²) in [6.45, 7) is 9.94. The van der Waals surface area contributed by atoms with Crippen molar-refractivity contribution in [1.82, 2.24) is 24.6 Å². The zero-order valence-corrected chi connectivity index (χ0v) is 17.2. The highest BCUT2D eigenvalue weighted by Crippen LogP contribution is 2.24. The monoisotopic (exact) mass is 385 g/mol. The summed E-state index contributed by atoms with van der Waals surface area (Å²) in [5.74, 6) is -0.0396. The molecular weight excluding hydrogens is 354 g/mol. The van der Waals surface area contributed by atoms with Crippen LogP contribution >= 0.6 is 0 Å². The molecule has 0 saturated carbocycles. The third kappa shape index (κ3) is 4.59. The number of aromatic nitrogens is 3. The third-order valence-electron chi connectivity index (χ3n) is 5.33. The van der Waals surface area contributed by atoms with Gasteiger partial charge in [0.05, 0.1) is 11.3 Å². The van der Waals surface area contributed by atoms with Gasteiger partial charge in [-0.2, -0.15) is 5.10 Å². The van der Waals surface area contributed by atoms with Gasteiger partial charge in [-0.05, 0) is 44.9 Å². The van der Waals surface area contributed by atoms with Crippen molar-refractivity contribution in [2.75, 3.05) is 19.6 Å². The Bertz CT molecular complexity index is 784. The molecule has 2 atom stereocenters. The van der Waals surface area contributed by atoms with E-state index < -0.39 is 5.60 Å². The summed E-state index contributed by atoms with van der Waals surface area (Å²) in [5, 5.41) is 14.5. The van der Waals surface area contributed by atoms with Crippen LogP contribution in [0.4, 0.5) is 0 Å². The highest BCUT2D eigenvalue weighted by Gasteiger charge is 2.37. The summed E-state index contributed by atoms with van der Waals surface area (Å²) in [6, 6.07) is 5.83. The van der Waals surface area contributed by atoms with E-state index in [1.165, 1.54) is 0 Å². The fraction of sp³-hybridized carbons (Fsp3) is 0.571. The molecule has 0 bridgehead atoms. The van der Waals surface area contributed by atoms with Crippen molar-refractivity contribution >= 4 is 5.91 Å². The lowest BCUT2D eigenvalue weighted by Crippen LogP contribution is -2.61. The number of piperazine rings is 1. The van der Waals surface area contributed by atoms with E-state index in [9.17, 15) is 9.90 Å². The lowest BCUT2D eigenvalue weighted by molar-refractivity contribution is -0.0239. The van der Waals surface area contributed by atoms with E-state index in [4.69, 9.17) is 0 Å². The number of amides is 1. The average Bonchev–Trinajstić information content (AvgIpc) is 3.21. The van der Waals surface area contributed by atoms with Crippen LogP contribution in [0.3, 0.4) is 0 Å². The molecule has 3 rings (SSSR count). The molecule has 0 aromatic carbocycles. The van der Waals surface area contributed by atoms with Gasteiger partial charge in [0.1, 0.15) is 5.69 Å². The second-order valence-corrected chi connectivity index (χ2v) is 8.17. The van der Waals surface area contributed by atoms with E-state index in [1.807, 2.05) is 37.1 Å². The summed E-state index contributed by atoms with van der Waals surface area (Å²) in [7, 11) is 0. The van der Waals surface area contributed by atoms with Gasteiger partial charge >= 0.3 is 0 Å². The first kappa shape index (κ1) is 20.5. The summed E-state index contributed by atoms with van der Waals surface area (Å²) in [4.78, 5) is 21.9. The van der Waals surface area contributed by atoms with Crippen LogP contribution in [-0.4, -0.2) is 72.9 Å². The van der Waals surface area contributed by atoms with Gasteiger partial charge in [0, 0.05) is 50.3 Å². The van der Waals surface area contributed by atoms with Crippen LogP contribution in [0.25, 0.3) is 5.69 Å². The molecule has 1 N–H and O–H groups in total. The fourth-order valence-electron chi connectivity index (χ4n) is 3.93. The molecule has 0 radical (unpaired) electrons. The quantitative estimate of drug-likeness (QED) is 0.826. The first-order valence-electron chi connectivity index (χ1n) is 10.1. The number of hydrogen-bond acceptors (Lipinski definition) is 5. The predicted octanol–water partition coefficient (Wildman–Crippen LogP) is 2.35. The highest BCUT2D eigenvalue weighted by molar-refractivity contribution is 5.93. The van der Waals surface area contributed by atoms with E-state index in [-0.39, 0.29) is 18.0 Å². The van der Waals surface area contributed by atoms with Crippen LogP contribution in [0.5, 0.6) is 0 Å². The summed E-state index contributed by atoms with van der Waals surface area (Å²) in [6.07, 6.45) is 7.01. The second-order valence-electron chi connectivity index (χ2n) is 8.17. The molecule has 28 heavy (non-hydrogen) atoms. The molecule has 1 aliphatic heterocycles. The van der Waals surface area contributed by atoms with Crippen molar-refractivity contribution in [3.8, 4) is 5.69 Å². The van der Waals surface area contributed by atoms with Crippen molar-refractivity contribution < 1.29 is 9.90 Å².